The predicted molar refractivity (Wildman–Crippen MR) is 70.2 cm³/mol. The van der Waals surface area contributed by atoms with Crippen LogP contribution in [-0.4, -0.2) is 37.1 Å². The molecule has 1 saturated heterocycles. The van der Waals surface area contributed by atoms with Crippen molar-refractivity contribution in [1.82, 2.24) is 10.2 Å². The Morgan fingerprint density at radius 1 is 1.35 bits per heavy atom. The molecule has 1 unspecified atom stereocenters. The summed E-state index contributed by atoms with van der Waals surface area (Å²) >= 11 is 0. The largest absolute Gasteiger partial charge is 0.469 e. The van der Waals surface area contributed by atoms with Gasteiger partial charge >= 0.3 is 0 Å². The summed E-state index contributed by atoms with van der Waals surface area (Å²) in [4.78, 5) is 2.63. The first kappa shape index (κ1) is 12.7. The van der Waals surface area contributed by atoms with Gasteiger partial charge in [-0.1, -0.05) is 0 Å². The molecule has 0 bridgehead atoms. The lowest BCUT2D eigenvalue weighted by molar-refractivity contribution is 0.184. The Hall–Kier alpha value is -0.800. The molecule has 1 atom stereocenters. The van der Waals surface area contributed by atoms with Crippen LogP contribution in [0.2, 0.25) is 0 Å². The fourth-order valence-corrected chi connectivity index (χ4v) is 2.48. The fourth-order valence-electron chi connectivity index (χ4n) is 2.48. The summed E-state index contributed by atoms with van der Waals surface area (Å²) in [6.45, 7) is 7.14. The molecule has 1 fully saturated rings. The Morgan fingerprint density at radius 3 is 2.76 bits per heavy atom. The second-order valence-corrected chi connectivity index (χ2v) is 4.96. The van der Waals surface area contributed by atoms with Gasteiger partial charge in [0.25, 0.3) is 0 Å². The Morgan fingerprint density at radius 2 is 2.12 bits per heavy atom. The van der Waals surface area contributed by atoms with Crippen LogP contribution in [0.3, 0.4) is 0 Å². The molecule has 17 heavy (non-hydrogen) atoms. The van der Waals surface area contributed by atoms with Crippen LogP contribution in [-0.2, 0) is 6.42 Å². The highest BCUT2D eigenvalue weighted by Gasteiger charge is 2.14. The van der Waals surface area contributed by atoms with Crippen LogP contribution in [0.4, 0.5) is 0 Å². The number of hydrogen-bond acceptors (Lipinski definition) is 3. The number of hydrogen-bond donors (Lipinski definition) is 1. The van der Waals surface area contributed by atoms with Crippen molar-refractivity contribution >= 4 is 0 Å². The average Bonchev–Trinajstić information content (AvgIpc) is 2.78. The second-order valence-electron chi connectivity index (χ2n) is 4.96. The summed E-state index contributed by atoms with van der Waals surface area (Å²) < 4.78 is 5.39. The standard InChI is InChI=1S/C14H24N2O/c1-13(6-7-14-5-2-12-17-14)16-10-3-8-15-9-4-11-16/h2,5,12-13,15H,3-4,6-11H2,1H3. The minimum Gasteiger partial charge on any atom is -0.469 e. The highest BCUT2D eigenvalue weighted by atomic mass is 16.3. The van der Waals surface area contributed by atoms with Crippen LogP contribution < -0.4 is 5.32 Å². The van der Waals surface area contributed by atoms with Crippen molar-refractivity contribution < 1.29 is 4.42 Å². The molecule has 0 saturated carbocycles. The number of aryl methyl sites for hydroxylation is 1. The SMILES string of the molecule is CC(CCc1ccco1)N1CCCNCCC1. The topological polar surface area (TPSA) is 28.4 Å². The van der Waals surface area contributed by atoms with E-state index in [0.717, 1.165) is 12.2 Å². The quantitative estimate of drug-likeness (QED) is 0.869. The van der Waals surface area contributed by atoms with Crippen molar-refractivity contribution in [2.75, 3.05) is 26.2 Å². The van der Waals surface area contributed by atoms with Crippen LogP contribution in [0.1, 0.15) is 31.9 Å². The van der Waals surface area contributed by atoms with Gasteiger partial charge in [0.05, 0.1) is 6.26 Å². The molecule has 1 aromatic heterocycles. The molecule has 2 heterocycles. The van der Waals surface area contributed by atoms with E-state index >= 15 is 0 Å². The third-order valence-corrected chi connectivity index (χ3v) is 3.61. The zero-order chi connectivity index (χ0) is 11.9. The van der Waals surface area contributed by atoms with E-state index in [-0.39, 0.29) is 0 Å². The maximum atomic E-state index is 5.39. The van der Waals surface area contributed by atoms with E-state index in [0.29, 0.717) is 6.04 Å². The lowest BCUT2D eigenvalue weighted by Crippen LogP contribution is -2.39. The van der Waals surface area contributed by atoms with Crippen LogP contribution >= 0.6 is 0 Å². The Kier molecular flexibility index (Phi) is 5.08. The molecule has 96 valence electrons. The van der Waals surface area contributed by atoms with Crippen molar-refractivity contribution in [1.29, 1.82) is 0 Å². The Balaban J connectivity index is 1.75. The first-order valence-electron chi connectivity index (χ1n) is 6.83. The van der Waals surface area contributed by atoms with E-state index in [1.807, 2.05) is 6.07 Å². The van der Waals surface area contributed by atoms with Crippen molar-refractivity contribution in [3.63, 3.8) is 0 Å². The van der Waals surface area contributed by atoms with Crippen LogP contribution in [0.5, 0.6) is 0 Å². The molecule has 1 N–H and O–H groups in total. The summed E-state index contributed by atoms with van der Waals surface area (Å²) in [5, 5.41) is 3.46. The first-order chi connectivity index (χ1) is 8.36. The van der Waals surface area contributed by atoms with Crippen molar-refractivity contribution in [2.45, 2.75) is 38.6 Å². The average molecular weight is 236 g/mol. The van der Waals surface area contributed by atoms with Gasteiger partial charge in [-0.2, -0.15) is 0 Å². The predicted octanol–water partition coefficient (Wildman–Crippen LogP) is 2.29. The van der Waals surface area contributed by atoms with Crippen molar-refractivity contribution in [2.24, 2.45) is 0 Å². The van der Waals surface area contributed by atoms with Gasteiger partial charge in [0.1, 0.15) is 5.76 Å². The van der Waals surface area contributed by atoms with Gasteiger partial charge in [-0.25, -0.2) is 0 Å². The van der Waals surface area contributed by atoms with Gasteiger partial charge in [0, 0.05) is 12.5 Å². The third-order valence-electron chi connectivity index (χ3n) is 3.61. The monoisotopic (exact) mass is 236 g/mol. The number of furan rings is 1. The molecule has 0 aliphatic carbocycles. The van der Waals surface area contributed by atoms with E-state index in [4.69, 9.17) is 4.42 Å². The Bertz CT molecular complexity index is 289. The molecule has 1 aliphatic rings. The zero-order valence-corrected chi connectivity index (χ0v) is 10.8. The molecule has 1 aromatic rings. The zero-order valence-electron chi connectivity index (χ0n) is 10.8. The molecule has 3 heteroatoms. The summed E-state index contributed by atoms with van der Waals surface area (Å²) in [6.07, 6.45) is 6.56. The molecule has 0 radical (unpaired) electrons. The molecule has 0 amide bonds. The lowest BCUT2D eigenvalue weighted by atomic mass is 10.1. The van der Waals surface area contributed by atoms with Crippen LogP contribution in [0, 0.1) is 0 Å². The van der Waals surface area contributed by atoms with Gasteiger partial charge in [0.2, 0.25) is 0 Å². The summed E-state index contributed by atoms with van der Waals surface area (Å²) in [6, 6.07) is 4.71. The lowest BCUT2D eigenvalue weighted by Gasteiger charge is -2.30. The molecule has 2 rings (SSSR count). The van der Waals surface area contributed by atoms with Gasteiger partial charge in [-0.3, -0.25) is 0 Å². The minimum atomic E-state index is 0.665. The number of nitrogens with one attached hydrogen (secondary N) is 1. The van der Waals surface area contributed by atoms with Crippen molar-refractivity contribution in [3.8, 4) is 0 Å². The first-order valence-corrected chi connectivity index (χ1v) is 6.83. The van der Waals surface area contributed by atoms with E-state index in [1.54, 1.807) is 6.26 Å². The summed E-state index contributed by atoms with van der Waals surface area (Å²) in [5.74, 6) is 1.12. The van der Waals surface area contributed by atoms with Crippen LogP contribution in [0.25, 0.3) is 0 Å². The number of nitrogens with zero attached hydrogens (tertiary/aromatic N) is 1. The maximum Gasteiger partial charge on any atom is 0.103 e. The minimum absolute atomic E-state index is 0.665. The van der Waals surface area contributed by atoms with E-state index in [2.05, 4.69) is 23.2 Å². The third kappa shape index (κ3) is 4.17. The number of rotatable bonds is 4. The van der Waals surface area contributed by atoms with E-state index in [9.17, 15) is 0 Å². The molecule has 1 aliphatic heterocycles. The van der Waals surface area contributed by atoms with Crippen molar-refractivity contribution in [3.05, 3.63) is 24.2 Å². The highest BCUT2D eigenvalue weighted by Crippen LogP contribution is 2.12. The molecular weight excluding hydrogens is 212 g/mol. The molecule has 3 nitrogen and oxygen atoms in total. The maximum absolute atomic E-state index is 5.39. The van der Waals surface area contributed by atoms with Gasteiger partial charge in [0.15, 0.2) is 0 Å². The van der Waals surface area contributed by atoms with E-state index in [1.165, 1.54) is 45.4 Å². The van der Waals surface area contributed by atoms with Gasteiger partial charge < -0.3 is 14.6 Å². The molecular formula is C14H24N2O. The summed E-state index contributed by atoms with van der Waals surface area (Å²) in [7, 11) is 0. The normalized spacial score (nSPS) is 20.8. The second kappa shape index (κ2) is 6.82. The fraction of sp³-hybridized carbons (Fsp3) is 0.714. The summed E-state index contributed by atoms with van der Waals surface area (Å²) in [5.41, 5.74) is 0. The highest BCUT2D eigenvalue weighted by molar-refractivity contribution is 4.98. The van der Waals surface area contributed by atoms with E-state index < -0.39 is 0 Å². The van der Waals surface area contributed by atoms with Crippen LogP contribution in [0.15, 0.2) is 22.8 Å². The molecule has 0 spiro atoms. The molecule has 0 aromatic carbocycles. The van der Waals surface area contributed by atoms with Gasteiger partial charge in [-0.05, 0) is 64.5 Å². The van der Waals surface area contributed by atoms with Gasteiger partial charge in [-0.15, -0.1) is 0 Å². The smallest absolute Gasteiger partial charge is 0.103 e. The Labute approximate surface area is 104 Å².